The quantitative estimate of drug-likeness (QED) is 0.763. The highest BCUT2D eigenvalue weighted by molar-refractivity contribution is 5.77. The summed E-state index contributed by atoms with van der Waals surface area (Å²) in [6.07, 6.45) is 2.00. The van der Waals surface area contributed by atoms with E-state index in [-0.39, 0.29) is 30.5 Å². The van der Waals surface area contributed by atoms with E-state index in [1.54, 1.807) is 24.3 Å². The number of rotatable bonds is 6. The van der Waals surface area contributed by atoms with Crippen LogP contribution in [0.25, 0.3) is 10.9 Å². The lowest BCUT2D eigenvalue weighted by molar-refractivity contribution is -0.145. The van der Waals surface area contributed by atoms with Gasteiger partial charge in [0.05, 0.1) is 17.0 Å². The van der Waals surface area contributed by atoms with Gasteiger partial charge in [0.1, 0.15) is 13.2 Å². The minimum absolute atomic E-state index is 0.107. The summed E-state index contributed by atoms with van der Waals surface area (Å²) in [6, 6.07) is 8.84. The van der Waals surface area contributed by atoms with Crippen LogP contribution < -0.4 is 5.56 Å². The Kier molecular flexibility index (Phi) is 5.26. The van der Waals surface area contributed by atoms with E-state index in [4.69, 9.17) is 10.00 Å². The maximum Gasteiger partial charge on any atom is 0.306 e. The number of benzene rings is 1. The van der Waals surface area contributed by atoms with Crippen LogP contribution >= 0.6 is 0 Å². The molecule has 6 heteroatoms. The van der Waals surface area contributed by atoms with Crippen molar-refractivity contribution in [2.24, 2.45) is 0 Å². The van der Waals surface area contributed by atoms with Crippen LogP contribution in [-0.2, 0) is 22.7 Å². The van der Waals surface area contributed by atoms with Gasteiger partial charge < -0.3 is 4.74 Å². The molecule has 6 nitrogen and oxygen atoms in total. The van der Waals surface area contributed by atoms with Crippen molar-refractivity contribution in [3.63, 3.8) is 0 Å². The van der Waals surface area contributed by atoms with Crippen LogP contribution in [0, 0.1) is 11.3 Å². The van der Waals surface area contributed by atoms with Gasteiger partial charge >= 0.3 is 5.97 Å². The Morgan fingerprint density at radius 3 is 2.91 bits per heavy atom. The number of carbonyl (C=O) groups excluding carboxylic acids is 1. The number of carbonyl (C=O) groups is 1. The van der Waals surface area contributed by atoms with Crippen molar-refractivity contribution in [1.29, 1.82) is 5.26 Å². The number of para-hydroxylation sites is 1. The Morgan fingerprint density at radius 1 is 1.41 bits per heavy atom. The van der Waals surface area contributed by atoms with Crippen LogP contribution in [0.4, 0.5) is 0 Å². The molecule has 1 heterocycles. The largest absolute Gasteiger partial charge is 0.458 e. The third-order valence-corrected chi connectivity index (χ3v) is 3.27. The monoisotopic (exact) mass is 299 g/mol. The predicted molar refractivity (Wildman–Crippen MR) is 80.9 cm³/mol. The summed E-state index contributed by atoms with van der Waals surface area (Å²) >= 11 is 0. The molecule has 0 fully saturated rings. The number of unbranched alkanes of at least 4 members (excludes halogenated alkanes) is 1. The Bertz CT molecular complexity index is 774. The number of nitrogens with zero attached hydrogens (tertiary/aromatic N) is 3. The van der Waals surface area contributed by atoms with Crippen molar-refractivity contribution in [2.75, 3.05) is 0 Å². The first-order chi connectivity index (χ1) is 10.7. The van der Waals surface area contributed by atoms with Crippen molar-refractivity contribution < 1.29 is 9.53 Å². The van der Waals surface area contributed by atoms with Gasteiger partial charge in [-0.2, -0.15) is 5.26 Å². The molecular weight excluding hydrogens is 282 g/mol. The lowest BCUT2D eigenvalue weighted by Crippen LogP contribution is -2.26. The third-order valence-electron chi connectivity index (χ3n) is 3.27. The van der Waals surface area contributed by atoms with Gasteiger partial charge in [0.25, 0.3) is 5.56 Å². The Balaban J connectivity index is 2.31. The second kappa shape index (κ2) is 7.36. The van der Waals surface area contributed by atoms with Gasteiger partial charge in [0.2, 0.25) is 0 Å². The normalized spacial score (nSPS) is 10.4. The van der Waals surface area contributed by atoms with Crippen molar-refractivity contribution in [3.05, 3.63) is 40.4 Å². The fourth-order valence-corrected chi connectivity index (χ4v) is 2.10. The second-order valence-corrected chi connectivity index (χ2v) is 4.86. The van der Waals surface area contributed by atoms with Gasteiger partial charge in [0, 0.05) is 6.42 Å². The predicted octanol–water partition coefficient (Wildman–Crippen LogP) is 2.15. The zero-order valence-corrected chi connectivity index (χ0v) is 12.4. The summed E-state index contributed by atoms with van der Waals surface area (Å²) in [6.45, 7) is 1.76. The molecule has 0 aliphatic heterocycles. The molecule has 0 bridgehead atoms. The van der Waals surface area contributed by atoms with E-state index in [1.807, 2.05) is 13.0 Å². The van der Waals surface area contributed by atoms with E-state index in [0.29, 0.717) is 17.3 Å². The van der Waals surface area contributed by atoms with Gasteiger partial charge in [-0.15, -0.1) is 0 Å². The number of hydrogen-bond acceptors (Lipinski definition) is 5. The lowest BCUT2D eigenvalue weighted by atomic mass is 10.2. The molecule has 0 atom stereocenters. The Labute approximate surface area is 128 Å². The molecule has 0 amide bonds. The molecule has 1 aromatic heterocycles. The summed E-state index contributed by atoms with van der Waals surface area (Å²) in [4.78, 5) is 28.3. The molecule has 0 unspecified atom stereocenters. The number of aromatic nitrogens is 2. The van der Waals surface area contributed by atoms with E-state index in [9.17, 15) is 9.59 Å². The van der Waals surface area contributed by atoms with E-state index < -0.39 is 0 Å². The van der Waals surface area contributed by atoms with E-state index >= 15 is 0 Å². The number of hydrogen-bond donors (Lipinski definition) is 0. The van der Waals surface area contributed by atoms with E-state index in [1.165, 1.54) is 4.57 Å². The molecule has 2 aromatic rings. The molecular formula is C16H17N3O3. The first-order valence-corrected chi connectivity index (χ1v) is 7.18. The van der Waals surface area contributed by atoms with Crippen LogP contribution in [0.15, 0.2) is 29.1 Å². The van der Waals surface area contributed by atoms with Gasteiger partial charge in [-0.3, -0.25) is 14.2 Å². The summed E-state index contributed by atoms with van der Waals surface area (Å²) in [5, 5.41) is 9.33. The maximum absolute atomic E-state index is 12.4. The van der Waals surface area contributed by atoms with Gasteiger partial charge in [-0.05, 0) is 18.6 Å². The van der Waals surface area contributed by atoms with Crippen molar-refractivity contribution >= 4 is 16.9 Å². The third kappa shape index (κ3) is 3.50. The fraction of sp³-hybridized carbons (Fsp3) is 0.375. The SMILES string of the molecule is CCCCC(=O)OCc1nc2ccccc2c(=O)n1CC#N. The van der Waals surface area contributed by atoms with Crippen LogP contribution in [0.1, 0.15) is 32.0 Å². The molecule has 0 saturated heterocycles. The van der Waals surface area contributed by atoms with E-state index in [0.717, 1.165) is 12.8 Å². The molecule has 0 aliphatic rings. The summed E-state index contributed by atoms with van der Waals surface area (Å²) in [5.74, 6) is -0.0390. The first kappa shape index (κ1) is 15.7. The maximum atomic E-state index is 12.4. The first-order valence-electron chi connectivity index (χ1n) is 7.18. The molecule has 22 heavy (non-hydrogen) atoms. The minimum Gasteiger partial charge on any atom is -0.458 e. The Morgan fingerprint density at radius 2 is 2.18 bits per heavy atom. The number of nitriles is 1. The van der Waals surface area contributed by atoms with Crippen LogP contribution in [-0.4, -0.2) is 15.5 Å². The number of ether oxygens (including phenoxy) is 1. The van der Waals surface area contributed by atoms with Crippen molar-refractivity contribution in [3.8, 4) is 6.07 Å². The van der Waals surface area contributed by atoms with Crippen molar-refractivity contribution in [2.45, 2.75) is 39.3 Å². The standard InChI is InChI=1S/C16H17N3O3/c1-2-3-8-15(20)22-11-14-18-13-7-5-4-6-12(13)16(21)19(14)10-9-17/h4-7H,2-3,8,10-11H2,1H3. The Hall–Kier alpha value is -2.68. The molecule has 0 N–H and O–H groups in total. The van der Waals surface area contributed by atoms with Crippen molar-refractivity contribution in [1.82, 2.24) is 9.55 Å². The summed E-state index contributed by atoms with van der Waals surface area (Å²) in [7, 11) is 0. The smallest absolute Gasteiger partial charge is 0.306 e. The number of fused-ring (bicyclic) bond motifs is 1. The van der Waals surface area contributed by atoms with Gasteiger partial charge in [-0.1, -0.05) is 25.5 Å². The van der Waals surface area contributed by atoms with Gasteiger partial charge in [-0.25, -0.2) is 4.98 Å². The number of esters is 1. The molecule has 0 aliphatic carbocycles. The molecule has 0 saturated carbocycles. The summed E-state index contributed by atoms with van der Waals surface area (Å²) in [5.41, 5.74) is 0.230. The van der Waals surface area contributed by atoms with Crippen LogP contribution in [0.2, 0.25) is 0 Å². The zero-order valence-electron chi connectivity index (χ0n) is 12.4. The molecule has 0 spiro atoms. The van der Waals surface area contributed by atoms with E-state index in [2.05, 4.69) is 4.98 Å². The molecule has 0 radical (unpaired) electrons. The van der Waals surface area contributed by atoms with Crippen LogP contribution in [0.3, 0.4) is 0 Å². The molecule has 114 valence electrons. The lowest BCUT2D eigenvalue weighted by Gasteiger charge is -2.11. The highest BCUT2D eigenvalue weighted by Gasteiger charge is 2.12. The fourth-order valence-electron chi connectivity index (χ4n) is 2.10. The van der Waals surface area contributed by atoms with Crippen LogP contribution in [0.5, 0.6) is 0 Å². The van der Waals surface area contributed by atoms with Gasteiger partial charge in [0.15, 0.2) is 5.82 Å². The second-order valence-electron chi connectivity index (χ2n) is 4.86. The highest BCUT2D eigenvalue weighted by atomic mass is 16.5. The zero-order chi connectivity index (χ0) is 15.9. The highest BCUT2D eigenvalue weighted by Crippen LogP contribution is 2.09. The molecule has 1 aromatic carbocycles. The minimum atomic E-state index is -0.326. The average molecular weight is 299 g/mol. The molecule has 2 rings (SSSR count). The average Bonchev–Trinajstić information content (AvgIpc) is 2.54. The summed E-state index contributed by atoms with van der Waals surface area (Å²) < 4.78 is 6.40. The topological polar surface area (TPSA) is 85.0 Å².